The number of halogens is 3. The Bertz CT molecular complexity index is 1040. The molecule has 1 aromatic heterocycles. The summed E-state index contributed by atoms with van der Waals surface area (Å²) < 4.78 is 53.4. The second-order valence-corrected chi connectivity index (χ2v) is 10.5. The van der Waals surface area contributed by atoms with Crippen LogP contribution in [0.5, 0.6) is 11.5 Å². The number of nitrogens with zero attached hydrogens (tertiary/aromatic N) is 2. The largest absolute Gasteiger partial charge is 0.493 e. The Morgan fingerprint density at radius 3 is 2.32 bits per heavy atom. The number of rotatable bonds is 6. The maximum Gasteiger partial charge on any atom is 0.410 e. The molecule has 0 bridgehead atoms. The van der Waals surface area contributed by atoms with Gasteiger partial charge in [0.05, 0.1) is 20.3 Å². The highest BCUT2D eigenvalue weighted by Gasteiger charge is 2.47. The molecule has 1 aliphatic heterocycles. The normalized spacial score (nSPS) is 18.6. The van der Waals surface area contributed by atoms with Crippen LogP contribution in [0.1, 0.15) is 75.6 Å². The summed E-state index contributed by atoms with van der Waals surface area (Å²) in [5.41, 5.74) is -0.0541. The number of carbonyl (C=O) groups excluding carboxylic acids is 1. The molecule has 0 radical (unpaired) electrons. The van der Waals surface area contributed by atoms with E-state index in [0.29, 0.717) is 23.5 Å². The van der Waals surface area contributed by atoms with E-state index in [1.54, 1.807) is 18.2 Å². The first-order chi connectivity index (χ1) is 15.6. The van der Waals surface area contributed by atoms with Crippen molar-refractivity contribution in [3.8, 4) is 11.5 Å². The van der Waals surface area contributed by atoms with Crippen molar-refractivity contribution in [2.45, 2.75) is 71.3 Å². The number of benzene rings is 1. The first-order valence-corrected chi connectivity index (χ1v) is 11.1. The molecule has 1 aliphatic rings. The summed E-state index contributed by atoms with van der Waals surface area (Å²) in [6.07, 6.45) is -4.15. The summed E-state index contributed by atoms with van der Waals surface area (Å²) in [6, 6.07) is 3.82. The summed E-state index contributed by atoms with van der Waals surface area (Å²) in [5, 5.41) is 10.1. The van der Waals surface area contributed by atoms with Crippen molar-refractivity contribution in [2.24, 2.45) is 5.41 Å². The fraction of sp³-hybridized carbons (Fsp3) is 0.583. The topological polar surface area (TPSA) is 77.4 Å². The molecule has 2 heterocycles. The van der Waals surface area contributed by atoms with Crippen LogP contribution in [0.25, 0.3) is 0 Å². The van der Waals surface area contributed by atoms with Crippen molar-refractivity contribution in [2.75, 3.05) is 19.5 Å². The van der Waals surface area contributed by atoms with Crippen LogP contribution in [0.3, 0.4) is 0 Å². The average Bonchev–Trinajstić information content (AvgIpc) is 3.13. The van der Waals surface area contributed by atoms with Crippen LogP contribution in [0.2, 0.25) is 0 Å². The lowest BCUT2D eigenvalue weighted by atomic mass is 9.82. The molecule has 2 N–H and O–H groups in total. The van der Waals surface area contributed by atoms with Gasteiger partial charge in [-0.1, -0.05) is 26.8 Å². The van der Waals surface area contributed by atoms with E-state index in [4.69, 9.17) is 9.47 Å². The second kappa shape index (κ2) is 9.03. The molecule has 0 saturated carbocycles. The lowest BCUT2D eigenvalue weighted by Gasteiger charge is -2.33. The predicted molar refractivity (Wildman–Crippen MR) is 123 cm³/mol. The zero-order valence-electron chi connectivity index (χ0n) is 20.6. The lowest BCUT2D eigenvalue weighted by molar-refractivity contribution is -0.173. The summed E-state index contributed by atoms with van der Waals surface area (Å²) in [6.45, 7) is 9.94. The van der Waals surface area contributed by atoms with E-state index in [9.17, 15) is 18.0 Å². The van der Waals surface area contributed by atoms with Gasteiger partial charge < -0.3 is 20.1 Å². The smallest absolute Gasteiger partial charge is 0.410 e. The van der Waals surface area contributed by atoms with Gasteiger partial charge in [-0.15, -0.1) is 0 Å². The van der Waals surface area contributed by atoms with Gasteiger partial charge in [0.15, 0.2) is 23.2 Å². The number of aromatic nitrogens is 2. The molecule has 7 nitrogen and oxygen atoms in total. The molecule has 0 fully saturated rings. The van der Waals surface area contributed by atoms with Crippen LogP contribution >= 0.6 is 0 Å². The molecule has 0 spiro atoms. The summed E-state index contributed by atoms with van der Waals surface area (Å²) in [7, 11) is 2.96. The van der Waals surface area contributed by atoms with Crippen molar-refractivity contribution in [3.05, 3.63) is 35.5 Å². The Morgan fingerprint density at radius 2 is 1.76 bits per heavy atom. The molecule has 1 aromatic carbocycles. The molecule has 2 aromatic rings. The lowest BCUT2D eigenvalue weighted by Crippen LogP contribution is -2.46. The molecule has 1 amide bonds. The first kappa shape index (κ1) is 25.7. The van der Waals surface area contributed by atoms with Gasteiger partial charge in [0.25, 0.3) is 5.91 Å². The first-order valence-electron chi connectivity index (χ1n) is 11.1. The number of hydrogen-bond donors (Lipinski definition) is 2. The Morgan fingerprint density at radius 1 is 1.12 bits per heavy atom. The van der Waals surface area contributed by atoms with Crippen LogP contribution in [-0.4, -0.2) is 41.6 Å². The molecule has 0 saturated heterocycles. The third kappa shape index (κ3) is 5.77. The number of nitrogens with one attached hydrogen (secondary N) is 2. The van der Waals surface area contributed by atoms with Crippen LogP contribution in [0, 0.1) is 5.41 Å². The Labute approximate surface area is 198 Å². The van der Waals surface area contributed by atoms with Crippen molar-refractivity contribution in [1.29, 1.82) is 0 Å². The fourth-order valence-electron chi connectivity index (χ4n) is 4.71. The van der Waals surface area contributed by atoms with E-state index in [-0.39, 0.29) is 23.3 Å². The van der Waals surface area contributed by atoms with Crippen molar-refractivity contribution in [1.82, 2.24) is 15.1 Å². The minimum atomic E-state index is -4.54. The minimum absolute atomic E-state index is 0.0419. The Balaban J connectivity index is 1.92. The van der Waals surface area contributed by atoms with E-state index in [1.807, 2.05) is 13.8 Å². The highest BCUT2D eigenvalue weighted by molar-refractivity contribution is 5.93. The predicted octanol–water partition coefficient (Wildman–Crippen LogP) is 5.51. The minimum Gasteiger partial charge on any atom is -0.493 e. The third-order valence-corrected chi connectivity index (χ3v) is 5.66. The molecule has 0 aliphatic carbocycles. The molecule has 3 rings (SSSR count). The van der Waals surface area contributed by atoms with Gasteiger partial charge in [-0.25, -0.2) is 4.68 Å². The van der Waals surface area contributed by atoms with E-state index < -0.39 is 29.7 Å². The van der Waals surface area contributed by atoms with Crippen molar-refractivity contribution < 1.29 is 27.4 Å². The van der Waals surface area contributed by atoms with Crippen LogP contribution in [0.15, 0.2) is 24.3 Å². The SMILES string of the molecule is COc1ccc([C@@H]2C[C@H](C(F)(F)F)n3nc(C(=O)NC(C)(C)CC(C)(C)C)cc3N2)cc1OC. The molecule has 0 unspecified atom stereocenters. The van der Waals surface area contributed by atoms with Crippen LogP contribution < -0.4 is 20.1 Å². The zero-order valence-corrected chi connectivity index (χ0v) is 20.6. The number of methoxy groups -OCH3 is 2. The van der Waals surface area contributed by atoms with E-state index >= 15 is 0 Å². The fourth-order valence-corrected chi connectivity index (χ4v) is 4.71. The maximum absolute atomic E-state index is 14.0. The van der Waals surface area contributed by atoms with Gasteiger partial charge in [0.1, 0.15) is 5.82 Å². The van der Waals surface area contributed by atoms with Crippen LogP contribution in [0.4, 0.5) is 19.0 Å². The van der Waals surface area contributed by atoms with Gasteiger partial charge >= 0.3 is 6.18 Å². The number of amides is 1. The summed E-state index contributed by atoms with van der Waals surface area (Å²) >= 11 is 0. The van der Waals surface area contributed by atoms with E-state index in [0.717, 1.165) is 4.68 Å². The van der Waals surface area contributed by atoms with E-state index in [1.165, 1.54) is 20.3 Å². The van der Waals surface area contributed by atoms with E-state index in [2.05, 4.69) is 36.5 Å². The molecular formula is C24H33F3N4O3. The molecule has 2 atom stereocenters. The Hall–Kier alpha value is -2.91. The highest BCUT2D eigenvalue weighted by Crippen LogP contribution is 2.44. The second-order valence-electron chi connectivity index (χ2n) is 10.5. The number of hydrogen-bond acceptors (Lipinski definition) is 5. The molecule has 34 heavy (non-hydrogen) atoms. The number of alkyl halides is 3. The highest BCUT2D eigenvalue weighted by atomic mass is 19.4. The Kier molecular flexibility index (Phi) is 6.83. The summed E-state index contributed by atoms with van der Waals surface area (Å²) in [5.74, 6) is 0.524. The average molecular weight is 483 g/mol. The van der Waals surface area contributed by atoms with Gasteiger partial charge in [-0.05, 0) is 43.4 Å². The van der Waals surface area contributed by atoms with Crippen molar-refractivity contribution >= 4 is 11.7 Å². The van der Waals surface area contributed by atoms with Gasteiger partial charge in [-0.2, -0.15) is 18.3 Å². The standard InChI is InChI=1S/C24H33F3N4O3/c1-22(2,3)13-23(4,5)29-21(32)16-12-20-28-15(11-19(24(25,26)27)31(20)30-16)14-8-9-17(33-6)18(10-14)34-7/h8-10,12,15,19,28H,11,13H2,1-7H3,(H,29,32)/t15-,19+/m0/s1. The quantitative estimate of drug-likeness (QED) is 0.568. The number of ether oxygens (including phenoxy) is 2. The number of fused-ring (bicyclic) bond motifs is 1. The molecule has 188 valence electrons. The zero-order chi connectivity index (χ0) is 25.5. The van der Waals surface area contributed by atoms with Gasteiger partial charge in [0.2, 0.25) is 0 Å². The summed E-state index contributed by atoms with van der Waals surface area (Å²) in [4.78, 5) is 12.9. The van der Waals surface area contributed by atoms with Crippen LogP contribution in [-0.2, 0) is 0 Å². The van der Waals surface area contributed by atoms with Gasteiger partial charge in [0, 0.05) is 18.0 Å². The number of carbonyl (C=O) groups is 1. The van der Waals surface area contributed by atoms with Crippen molar-refractivity contribution in [3.63, 3.8) is 0 Å². The maximum atomic E-state index is 14.0. The molecule has 10 heteroatoms. The monoisotopic (exact) mass is 482 g/mol. The third-order valence-electron chi connectivity index (χ3n) is 5.66. The molecular weight excluding hydrogens is 449 g/mol. The number of anilines is 1. The van der Waals surface area contributed by atoms with Gasteiger partial charge in [-0.3, -0.25) is 4.79 Å².